The molecule has 4 nitrogen and oxygen atoms in total. The van der Waals surface area contributed by atoms with Gasteiger partial charge in [0.2, 0.25) is 0 Å². The highest BCUT2D eigenvalue weighted by molar-refractivity contribution is 7.99. The standard InChI is InChI=1S/C30H45N3OS2/c1-4-5-6-7-8-9-10-11-12-13-14-15-16-17-18-35-29-27-26(31-22-32-29)24-19-23-21-34-30(2,3)20-25(23)33-28(24)36-27/h19,22H,4-18,20-21H2,1-3H3. The van der Waals surface area contributed by atoms with Crippen LogP contribution in [0.2, 0.25) is 0 Å². The number of pyridine rings is 1. The number of thioether (sulfide) groups is 1. The van der Waals surface area contributed by atoms with Gasteiger partial charge < -0.3 is 4.74 Å². The third-order valence-corrected chi connectivity index (χ3v) is 9.63. The van der Waals surface area contributed by atoms with Crippen molar-refractivity contribution in [2.75, 3.05) is 5.75 Å². The molecule has 1 aliphatic heterocycles. The summed E-state index contributed by atoms with van der Waals surface area (Å²) in [7, 11) is 0. The van der Waals surface area contributed by atoms with Crippen LogP contribution in [0.25, 0.3) is 20.4 Å². The van der Waals surface area contributed by atoms with Crippen molar-refractivity contribution in [3.05, 3.63) is 23.7 Å². The Morgan fingerprint density at radius 3 is 2.19 bits per heavy atom. The summed E-state index contributed by atoms with van der Waals surface area (Å²) in [5.74, 6) is 1.13. The molecule has 3 aromatic heterocycles. The fourth-order valence-electron chi connectivity index (χ4n) is 5.13. The first-order valence-corrected chi connectivity index (χ1v) is 16.2. The Morgan fingerprint density at radius 2 is 1.53 bits per heavy atom. The van der Waals surface area contributed by atoms with Crippen molar-refractivity contribution in [3.8, 4) is 0 Å². The van der Waals surface area contributed by atoms with Gasteiger partial charge in [0.15, 0.2) is 0 Å². The molecule has 0 unspecified atom stereocenters. The Bertz CT molecular complexity index is 1090. The molecule has 0 aliphatic carbocycles. The average molecular weight is 528 g/mol. The van der Waals surface area contributed by atoms with E-state index in [1.54, 1.807) is 17.7 Å². The molecule has 1 aliphatic rings. The Kier molecular flexibility index (Phi) is 10.9. The predicted molar refractivity (Wildman–Crippen MR) is 156 cm³/mol. The maximum absolute atomic E-state index is 6.02. The normalized spacial score (nSPS) is 15.1. The molecule has 198 valence electrons. The van der Waals surface area contributed by atoms with Gasteiger partial charge in [0.05, 0.1) is 28.1 Å². The van der Waals surface area contributed by atoms with Crippen LogP contribution in [-0.4, -0.2) is 26.3 Å². The lowest BCUT2D eigenvalue weighted by molar-refractivity contribution is -0.0411. The minimum atomic E-state index is -0.140. The largest absolute Gasteiger partial charge is 0.370 e. The van der Waals surface area contributed by atoms with Crippen LogP contribution in [0.3, 0.4) is 0 Å². The van der Waals surface area contributed by atoms with Gasteiger partial charge in [0.1, 0.15) is 16.2 Å². The van der Waals surface area contributed by atoms with E-state index >= 15 is 0 Å². The van der Waals surface area contributed by atoms with E-state index in [9.17, 15) is 0 Å². The summed E-state index contributed by atoms with van der Waals surface area (Å²) < 4.78 is 7.21. The number of aromatic nitrogens is 3. The molecule has 0 spiro atoms. The highest BCUT2D eigenvalue weighted by Crippen LogP contribution is 2.39. The number of ether oxygens (including phenoxy) is 1. The van der Waals surface area contributed by atoms with E-state index in [0.717, 1.165) is 32.9 Å². The first-order valence-electron chi connectivity index (χ1n) is 14.4. The molecule has 4 rings (SSSR count). The first kappa shape index (κ1) is 27.8. The number of unbranched alkanes of at least 4 members (excludes halogenated alkanes) is 13. The average Bonchev–Trinajstić information content (AvgIpc) is 3.22. The molecule has 0 atom stereocenters. The summed E-state index contributed by atoms with van der Waals surface area (Å²) in [5.41, 5.74) is 3.29. The second-order valence-corrected chi connectivity index (χ2v) is 13.2. The Labute approximate surface area is 226 Å². The minimum Gasteiger partial charge on any atom is -0.370 e. The Morgan fingerprint density at radius 1 is 0.889 bits per heavy atom. The lowest BCUT2D eigenvalue weighted by Gasteiger charge is -2.30. The van der Waals surface area contributed by atoms with Gasteiger partial charge in [-0.1, -0.05) is 90.4 Å². The summed E-state index contributed by atoms with van der Waals surface area (Å²) in [6.07, 6.45) is 22.2. The molecule has 0 saturated carbocycles. The van der Waals surface area contributed by atoms with Crippen LogP contribution in [-0.2, 0) is 17.8 Å². The van der Waals surface area contributed by atoms with Gasteiger partial charge in [-0.2, -0.15) is 0 Å². The zero-order chi connectivity index (χ0) is 25.2. The monoisotopic (exact) mass is 527 g/mol. The van der Waals surface area contributed by atoms with Gasteiger partial charge in [-0.05, 0) is 32.1 Å². The highest BCUT2D eigenvalue weighted by Gasteiger charge is 2.28. The van der Waals surface area contributed by atoms with E-state index in [-0.39, 0.29) is 5.60 Å². The van der Waals surface area contributed by atoms with Crippen LogP contribution in [0.1, 0.15) is 122 Å². The molecule has 0 aromatic carbocycles. The molecular weight excluding hydrogens is 482 g/mol. The Balaban J connectivity index is 1.16. The molecule has 6 heteroatoms. The van der Waals surface area contributed by atoms with Crippen molar-refractivity contribution < 1.29 is 4.74 Å². The maximum atomic E-state index is 6.02. The van der Waals surface area contributed by atoms with Crippen LogP contribution in [0.4, 0.5) is 0 Å². The first-order chi connectivity index (χ1) is 17.6. The second-order valence-electron chi connectivity index (χ2n) is 11.1. The van der Waals surface area contributed by atoms with Crippen molar-refractivity contribution in [2.24, 2.45) is 0 Å². The molecule has 0 bridgehead atoms. The van der Waals surface area contributed by atoms with Gasteiger partial charge in [-0.15, -0.1) is 23.1 Å². The van der Waals surface area contributed by atoms with E-state index in [1.165, 1.54) is 106 Å². The molecule has 0 fully saturated rings. The lowest BCUT2D eigenvalue weighted by Crippen LogP contribution is -2.32. The third-order valence-electron chi connectivity index (χ3n) is 7.33. The number of rotatable bonds is 16. The molecule has 0 amide bonds. The topological polar surface area (TPSA) is 47.9 Å². The van der Waals surface area contributed by atoms with E-state index in [2.05, 4.69) is 36.8 Å². The molecule has 0 radical (unpaired) electrons. The van der Waals surface area contributed by atoms with Crippen LogP contribution in [0, 0.1) is 0 Å². The number of nitrogens with zero attached hydrogens (tertiary/aromatic N) is 3. The van der Waals surface area contributed by atoms with Gasteiger partial charge in [0, 0.05) is 17.4 Å². The van der Waals surface area contributed by atoms with Gasteiger partial charge in [-0.3, -0.25) is 0 Å². The maximum Gasteiger partial charge on any atom is 0.126 e. The lowest BCUT2D eigenvalue weighted by atomic mass is 9.95. The smallest absolute Gasteiger partial charge is 0.126 e. The van der Waals surface area contributed by atoms with Crippen LogP contribution >= 0.6 is 23.1 Å². The summed E-state index contributed by atoms with van der Waals surface area (Å²) >= 11 is 3.64. The third kappa shape index (κ3) is 7.88. The van der Waals surface area contributed by atoms with Crippen molar-refractivity contribution in [1.29, 1.82) is 0 Å². The summed E-state index contributed by atoms with van der Waals surface area (Å²) in [6, 6.07) is 2.25. The summed E-state index contributed by atoms with van der Waals surface area (Å²) in [6.45, 7) is 7.21. The van der Waals surface area contributed by atoms with Crippen LogP contribution in [0.5, 0.6) is 0 Å². The van der Waals surface area contributed by atoms with Crippen molar-refractivity contribution in [1.82, 2.24) is 15.0 Å². The van der Waals surface area contributed by atoms with Gasteiger partial charge >= 0.3 is 0 Å². The van der Waals surface area contributed by atoms with Crippen molar-refractivity contribution in [3.63, 3.8) is 0 Å². The van der Waals surface area contributed by atoms with E-state index in [4.69, 9.17) is 9.72 Å². The fraction of sp³-hybridized carbons (Fsp3) is 0.700. The molecule has 4 heterocycles. The predicted octanol–water partition coefficient (Wildman–Crippen LogP) is 9.66. The zero-order valence-electron chi connectivity index (χ0n) is 22.7. The van der Waals surface area contributed by atoms with E-state index in [1.807, 2.05) is 11.8 Å². The summed E-state index contributed by atoms with van der Waals surface area (Å²) in [5, 5.41) is 2.27. The SMILES string of the molecule is CCCCCCCCCCCCCCCCSc1ncnc2c1sc1nc3c(cc12)COC(C)(C)C3. The number of hydrogen-bond donors (Lipinski definition) is 0. The van der Waals surface area contributed by atoms with Crippen LogP contribution < -0.4 is 0 Å². The van der Waals surface area contributed by atoms with Crippen molar-refractivity contribution in [2.45, 2.75) is 134 Å². The Hall–Kier alpha value is -1.24. The quantitative estimate of drug-likeness (QED) is 0.105. The minimum absolute atomic E-state index is 0.140. The number of thiophene rings is 1. The number of hydrogen-bond acceptors (Lipinski definition) is 6. The molecule has 36 heavy (non-hydrogen) atoms. The number of fused-ring (bicyclic) bond motifs is 4. The van der Waals surface area contributed by atoms with E-state index in [0.29, 0.717) is 6.61 Å². The van der Waals surface area contributed by atoms with Gasteiger partial charge in [0.25, 0.3) is 0 Å². The summed E-state index contributed by atoms with van der Waals surface area (Å²) in [4.78, 5) is 15.4. The zero-order valence-corrected chi connectivity index (χ0v) is 24.4. The fourth-order valence-corrected chi connectivity index (χ4v) is 7.34. The molecule has 0 saturated heterocycles. The van der Waals surface area contributed by atoms with Crippen LogP contribution in [0.15, 0.2) is 17.4 Å². The van der Waals surface area contributed by atoms with Crippen molar-refractivity contribution >= 4 is 43.5 Å². The molecule has 3 aromatic rings. The van der Waals surface area contributed by atoms with Gasteiger partial charge in [-0.25, -0.2) is 15.0 Å². The molecule has 0 N–H and O–H groups in total. The van der Waals surface area contributed by atoms with E-state index < -0.39 is 0 Å². The molecular formula is C30H45N3OS2. The second kappa shape index (κ2) is 14.1. The highest BCUT2D eigenvalue weighted by atomic mass is 32.2.